The van der Waals surface area contributed by atoms with E-state index in [1.165, 1.54) is 0 Å². The maximum absolute atomic E-state index is 11.3. The largest absolute Gasteiger partial charge is 2.00 e. The molecule has 6 nitrogen and oxygen atoms in total. The Hall–Kier alpha value is -2.68. The minimum Gasteiger partial charge on any atom is -0.481 e. The van der Waals surface area contributed by atoms with Crippen LogP contribution in [0.15, 0.2) is 35.5 Å². The van der Waals surface area contributed by atoms with Crippen LogP contribution in [0.5, 0.6) is 0 Å². The topological polar surface area (TPSA) is 109 Å². The van der Waals surface area contributed by atoms with Crippen LogP contribution in [0.3, 0.4) is 0 Å². The molecule has 0 radical (unpaired) electrons. The van der Waals surface area contributed by atoms with Crippen LogP contribution in [0, 0.1) is 24.0 Å². The Balaban J connectivity index is 0.000000464. The summed E-state index contributed by atoms with van der Waals surface area (Å²) in [6.07, 6.45) is 14.7. The van der Waals surface area contributed by atoms with E-state index in [0.717, 1.165) is 0 Å². The Labute approximate surface area is 161 Å². The van der Waals surface area contributed by atoms with Gasteiger partial charge in [0.1, 0.15) is 5.78 Å². The van der Waals surface area contributed by atoms with Crippen LogP contribution in [0.4, 0.5) is 0 Å². The second kappa shape index (κ2) is 12.6. The second-order valence-corrected chi connectivity index (χ2v) is 4.95. The molecule has 0 aliphatic heterocycles. The number of aliphatic carboxylic acids is 2. The smallest absolute Gasteiger partial charge is 0.481 e. The van der Waals surface area contributed by atoms with Crippen molar-refractivity contribution < 1.29 is 46.5 Å². The average molecular weight is 396 g/mol. The van der Waals surface area contributed by atoms with Crippen LogP contribution in [0.2, 0.25) is 0 Å². The van der Waals surface area contributed by atoms with Crippen molar-refractivity contribution in [2.45, 2.75) is 32.1 Å². The third-order valence-electron chi connectivity index (χ3n) is 3.01. The van der Waals surface area contributed by atoms with E-state index < -0.39 is 17.7 Å². The zero-order chi connectivity index (χ0) is 18.7. The van der Waals surface area contributed by atoms with Gasteiger partial charge < -0.3 is 19.8 Å². The van der Waals surface area contributed by atoms with Crippen molar-refractivity contribution in [3.63, 3.8) is 0 Å². The van der Waals surface area contributed by atoms with E-state index in [1.807, 2.05) is 12.0 Å². The standard InChI is InChI=1S/C10H11O3.C9H5O3.Fe/c11-9(6-3-7-10(12)13)8-4-1-2-5-8;10-8(5-6-9(11)12)7-3-1-2-4-7;/h1,4H,2-3,6-7H2,(H,12,13);1,3H,2H2,(H,11,12);/q2*-1;+2. The van der Waals surface area contributed by atoms with Crippen LogP contribution in [-0.4, -0.2) is 33.7 Å². The number of rotatable bonds is 6. The number of carbonyl (C=O) groups is 4. The quantitative estimate of drug-likeness (QED) is 0.307. The molecule has 0 aromatic heterocycles. The fourth-order valence-electron chi connectivity index (χ4n) is 1.87. The van der Waals surface area contributed by atoms with Crippen LogP contribution in [0.1, 0.15) is 32.1 Å². The molecule has 0 saturated carbocycles. The molecule has 136 valence electrons. The molecular weight excluding hydrogens is 380 g/mol. The number of carboxylic acids is 2. The maximum atomic E-state index is 11.3. The van der Waals surface area contributed by atoms with Crippen molar-refractivity contribution in [3.05, 3.63) is 47.6 Å². The first-order valence-corrected chi connectivity index (χ1v) is 7.49. The molecule has 0 spiro atoms. The molecule has 0 aromatic rings. The molecule has 7 heteroatoms. The monoisotopic (exact) mass is 396 g/mol. The van der Waals surface area contributed by atoms with Crippen molar-refractivity contribution in [2.75, 3.05) is 0 Å². The minimum absolute atomic E-state index is 0. The SMILES string of the molecule is O=C(O)C#CC(=O)C1=[C-]CC=C1.O=C(O)CCCC(=O)C1=[C-]CC=C1.[Fe+2]. The van der Waals surface area contributed by atoms with Gasteiger partial charge in [-0.15, -0.1) is 17.7 Å². The van der Waals surface area contributed by atoms with E-state index in [0.29, 0.717) is 36.8 Å². The number of carbonyl (C=O) groups excluding carboxylic acids is 2. The van der Waals surface area contributed by atoms with Gasteiger partial charge in [-0.2, -0.15) is 29.9 Å². The third-order valence-corrected chi connectivity index (χ3v) is 3.01. The predicted octanol–water partition coefficient (Wildman–Crippen LogP) is 1.83. The molecule has 0 unspecified atom stereocenters. The Morgan fingerprint density at radius 2 is 1.50 bits per heavy atom. The molecule has 0 amide bonds. The summed E-state index contributed by atoms with van der Waals surface area (Å²) in [5.41, 5.74) is 0.953. The summed E-state index contributed by atoms with van der Waals surface area (Å²) in [5, 5.41) is 16.5. The summed E-state index contributed by atoms with van der Waals surface area (Å²) in [4.78, 5) is 42.3. The molecule has 0 atom stereocenters. The molecule has 0 aromatic carbocycles. The minimum atomic E-state index is -1.30. The normalized spacial score (nSPS) is 13.2. The second-order valence-electron chi connectivity index (χ2n) is 4.95. The van der Waals surface area contributed by atoms with Gasteiger partial charge in [-0.1, -0.05) is 18.8 Å². The number of allylic oxidation sites excluding steroid dienone is 8. The van der Waals surface area contributed by atoms with Gasteiger partial charge in [-0.25, -0.2) is 4.79 Å². The summed E-state index contributed by atoms with van der Waals surface area (Å²) < 4.78 is 0. The predicted molar refractivity (Wildman–Crippen MR) is 87.9 cm³/mol. The zero-order valence-electron chi connectivity index (χ0n) is 13.7. The van der Waals surface area contributed by atoms with E-state index >= 15 is 0 Å². The molecule has 26 heavy (non-hydrogen) atoms. The molecule has 0 heterocycles. The van der Waals surface area contributed by atoms with E-state index in [1.54, 1.807) is 24.1 Å². The van der Waals surface area contributed by atoms with E-state index in [-0.39, 0.29) is 29.3 Å². The van der Waals surface area contributed by atoms with E-state index in [2.05, 4.69) is 12.2 Å². The Kier molecular flexibility index (Phi) is 11.3. The first-order chi connectivity index (χ1) is 11.9. The molecule has 2 aliphatic carbocycles. The number of hydrogen-bond acceptors (Lipinski definition) is 4. The van der Waals surface area contributed by atoms with E-state index in [9.17, 15) is 19.2 Å². The Bertz CT molecular complexity index is 744. The molecule has 0 bridgehead atoms. The molecular formula is C19H16FeO6. The van der Waals surface area contributed by atoms with Crippen molar-refractivity contribution in [3.8, 4) is 11.8 Å². The van der Waals surface area contributed by atoms with Gasteiger partial charge in [-0.05, 0) is 12.8 Å². The van der Waals surface area contributed by atoms with Gasteiger partial charge in [-0.3, -0.25) is 4.79 Å². The van der Waals surface area contributed by atoms with Gasteiger partial charge in [0.2, 0.25) is 0 Å². The summed E-state index contributed by atoms with van der Waals surface area (Å²) in [6.45, 7) is 0. The molecule has 2 rings (SSSR count). The molecule has 2 N–H and O–H groups in total. The fraction of sp³-hybridized carbons (Fsp3) is 0.263. The number of ketones is 2. The zero-order valence-corrected chi connectivity index (χ0v) is 14.8. The van der Waals surface area contributed by atoms with Crippen molar-refractivity contribution in [1.29, 1.82) is 0 Å². The summed E-state index contributed by atoms with van der Waals surface area (Å²) in [5.74, 6) is 1.08. The van der Waals surface area contributed by atoms with Gasteiger partial charge in [0.25, 0.3) is 0 Å². The molecule has 2 aliphatic rings. The van der Waals surface area contributed by atoms with E-state index in [4.69, 9.17) is 10.2 Å². The van der Waals surface area contributed by atoms with Gasteiger partial charge >= 0.3 is 29.0 Å². The van der Waals surface area contributed by atoms with Crippen molar-refractivity contribution in [2.24, 2.45) is 0 Å². The van der Waals surface area contributed by atoms with Crippen molar-refractivity contribution in [1.82, 2.24) is 0 Å². The third kappa shape index (κ3) is 9.58. The molecule has 0 saturated heterocycles. The number of hydrogen-bond donors (Lipinski definition) is 2. The molecule has 0 fully saturated rings. The van der Waals surface area contributed by atoms with Crippen LogP contribution >= 0.6 is 0 Å². The summed E-state index contributed by atoms with van der Waals surface area (Å²) >= 11 is 0. The van der Waals surface area contributed by atoms with Crippen molar-refractivity contribution >= 4 is 23.5 Å². The van der Waals surface area contributed by atoms with Crippen LogP contribution in [-0.2, 0) is 36.2 Å². The van der Waals surface area contributed by atoms with Gasteiger partial charge in [0.15, 0.2) is 0 Å². The first kappa shape index (κ1) is 23.3. The van der Waals surface area contributed by atoms with Gasteiger partial charge in [0, 0.05) is 18.1 Å². The summed E-state index contributed by atoms with van der Waals surface area (Å²) in [6, 6.07) is 0. The fourth-order valence-corrected chi connectivity index (χ4v) is 1.87. The maximum Gasteiger partial charge on any atom is 2.00 e. The van der Waals surface area contributed by atoms with Gasteiger partial charge in [0.05, 0.1) is 0 Å². The average Bonchev–Trinajstić information content (AvgIpc) is 3.25. The Morgan fingerprint density at radius 1 is 0.923 bits per heavy atom. The number of Topliss-reactive ketones (excluding diaryl/α,β-unsaturated/α-hetero) is 2. The van der Waals surface area contributed by atoms with Crippen LogP contribution < -0.4 is 0 Å². The summed E-state index contributed by atoms with van der Waals surface area (Å²) in [7, 11) is 0. The van der Waals surface area contributed by atoms with Crippen LogP contribution in [0.25, 0.3) is 0 Å². The Morgan fingerprint density at radius 3 is 1.96 bits per heavy atom. The number of carboxylic acid groups (broad SMARTS) is 2. The first-order valence-electron chi connectivity index (χ1n) is 7.49.